The molecule has 1 unspecified atom stereocenters. The summed E-state index contributed by atoms with van der Waals surface area (Å²) < 4.78 is 13.4. The lowest BCUT2D eigenvalue weighted by Gasteiger charge is -2.16. The smallest absolute Gasteiger partial charge is 0.176 e. The van der Waals surface area contributed by atoms with E-state index < -0.39 is 10.8 Å². The minimum Gasteiger partial charge on any atom is -0.377 e. The van der Waals surface area contributed by atoms with E-state index in [0.717, 1.165) is 9.26 Å². The summed E-state index contributed by atoms with van der Waals surface area (Å²) in [5.74, 6) is -0.0860. The maximum absolute atomic E-state index is 12.5. The molecule has 2 aromatic carbocycles. The number of hydrogen-bond donors (Lipinski definition) is 0. The van der Waals surface area contributed by atoms with Crippen LogP contribution < -0.4 is 4.90 Å². The second-order valence-corrected chi connectivity index (χ2v) is 7.34. The minimum absolute atomic E-state index is 0.00483. The number of Topliss-reactive ketones (excluding diaryl/α,β-unsaturated/α-hetero) is 1. The molecule has 110 valence electrons. The van der Waals surface area contributed by atoms with E-state index in [9.17, 15) is 9.00 Å². The van der Waals surface area contributed by atoms with Crippen LogP contribution in [0.25, 0.3) is 0 Å². The highest BCUT2D eigenvalue weighted by atomic mass is 127. The monoisotopic (exact) mass is 413 g/mol. The Morgan fingerprint density at radius 2 is 1.71 bits per heavy atom. The number of halogens is 1. The molecule has 0 aliphatic heterocycles. The van der Waals surface area contributed by atoms with Gasteiger partial charge in [-0.25, -0.2) is 0 Å². The Balaban J connectivity index is 2.23. The van der Waals surface area contributed by atoms with E-state index in [1.54, 1.807) is 6.07 Å². The zero-order valence-corrected chi connectivity index (χ0v) is 14.8. The summed E-state index contributed by atoms with van der Waals surface area (Å²) in [6.45, 7) is 0. The summed E-state index contributed by atoms with van der Waals surface area (Å²) >= 11 is 2.13. The van der Waals surface area contributed by atoms with E-state index in [1.165, 1.54) is 0 Å². The third kappa shape index (κ3) is 3.91. The molecule has 0 spiro atoms. The van der Waals surface area contributed by atoms with Crippen molar-refractivity contribution >= 4 is 44.9 Å². The first kappa shape index (κ1) is 16.2. The molecule has 0 bridgehead atoms. The third-order valence-corrected chi connectivity index (χ3v) is 5.33. The van der Waals surface area contributed by atoms with Crippen molar-refractivity contribution < 1.29 is 9.00 Å². The first-order chi connectivity index (χ1) is 10.0. The van der Waals surface area contributed by atoms with Gasteiger partial charge in [0.15, 0.2) is 5.78 Å². The molecule has 0 saturated heterocycles. The quantitative estimate of drug-likeness (QED) is 0.558. The largest absolute Gasteiger partial charge is 0.377 e. The number of benzene rings is 2. The number of anilines is 1. The molecular weight excluding hydrogens is 397 g/mol. The minimum atomic E-state index is -1.35. The highest BCUT2D eigenvalue weighted by Crippen LogP contribution is 2.22. The molecule has 21 heavy (non-hydrogen) atoms. The second kappa shape index (κ2) is 7.17. The molecule has 5 heteroatoms. The molecule has 0 saturated carbocycles. The van der Waals surface area contributed by atoms with Crippen LogP contribution in [0.2, 0.25) is 0 Å². The highest BCUT2D eigenvalue weighted by molar-refractivity contribution is 14.1. The van der Waals surface area contributed by atoms with E-state index in [-0.39, 0.29) is 11.5 Å². The van der Waals surface area contributed by atoms with E-state index in [0.29, 0.717) is 10.5 Å². The second-order valence-electron chi connectivity index (χ2n) is 4.76. The molecule has 0 aliphatic carbocycles. The first-order valence-electron chi connectivity index (χ1n) is 6.43. The summed E-state index contributed by atoms with van der Waals surface area (Å²) in [7, 11) is 2.45. The topological polar surface area (TPSA) is 37.4 Å². The number of ketones is 1. The van der Waals surface area contributed by atoms with Crippen molar-refractivity contribution in [2.24, 2.45) is 0 Å². The van der Waals surface area contributed by atoms with Crippen molar-refractivity contribution in [1.82, 2.24) is 0 Å². The van der Waals surface area contributed by atoms with E-state index in [4.69, 9.17) is 0 Å². The normalized spacial score (nSPS) is 12.0. The summed E-state index contributed by atoms with van der Waals surface area (Å²) in [4.78, 5) is 14.9. The fourth-order valence-electron chi connectivity index (χ4n) is 1.98. The van der Waals surface area contributed by atoms with Crippen LogP contribution in [0.15, 0.2) is 53.4 Å². The maximum atomic E-state index is 12.5. The standard InChI is InChI=1S/C16H16INO2S/c1-18(2)14-9-5-6-10-16(14)21(20)11-15(19)12-7-3-4-8-13(12)17/h3-10H,11H2,1-2H3. The van der Waals surface area contributed by atoms with Crippen molar-refractivity contribution in [3.63, 3.8) is 0 Å². The predicted molar refractivity (Wildman–Crippen MR) is 95.5 cm³/mol. The molecular formula is C16H16INO2S. The molecule has 3 nitrogen and oxygen atoms in total. The number of carbonyl (C=O) groups is 1. The van der Waals surface area contributed by atoms with Crippen LogP contribution in [-0.4, -0.2) is 29.8 Å². The Morgan fingerprint density at radius 1 is 1.10 bits per heavy atom. The van der Waals surface area contributed by atoms with Crippen molar-refractivity contribution in [2.45, 2.75) is 4.90 Å². The van der Waals surface area contributed by atoms with Crippen molar-refractivity contribution in [3.05, 3.63) is 57.7 Å². The van der Waals surface area contributed by atoms with Crippen LogP contribution in [0.3, 0.4) is 0 Å². The molecule has 0 heterocycles. The summed E-state index contributed by atoms with van der Waals surface area (Å²) in [6, 6.07) is 14.8. The predicted octanol–water partition coefficient (Wildman–Crippen LogP) is 3.35. The average Bonchev–Trinajstić information content (AvgIpc) is 2.47. The molecule has 0 aromatic heterocycles. The lowest BCUT2D eigenvalue weighted by atomic mass is 10.2. The maximum Gasteiger partial charge on any atom is 0.176 e. The molecule has 0 N–H and O–H groups in total. The Kier molecular flexibility index (Phi) is 5.52. The Bertz CT molecular complexity index is 685. The lowest BCUT2D eigenvalue weighted by Crippen LogP contribution is -2.16. The number of nitrogens with zero attached hydrogens (tertiary/aromatic N) is 1. The molecule has 1 atom stereocenters. The number of rotatable bonds is 5. The van der Waals surface area contributed by atoms with Crippen LogP contribution in [-0.2, 0) is 10.8 Å². The van der Waals surface area contributed by atoms with Gasteiger partial charge in [-0.15, -0.1) is 0 Å². The number of para-hydroxylation sites is 1. The van der Waals surface area contributed by atoms with Gasteiger partial charge in [0.25, 0.3) is 0 Å². The van der Waals surface area contributed by atoms with Crippen LogP contribution in [0.4, 0.5) is 5.69 Å². The fourth-order valence-corrected chi connectivity index (χ4v) is 3.93. The van der Waals surface area contributed by atoms with Crippen LogP contribution in [0.1, 0.15) is 10.4 Å². The molecule has 0 aliphatic rings. The van der Waals surface area contributed by atoms with Crippen molar-refractivity contribution in [2.75, 3.05) is 24.7 Å². The van der Waals surface area contributed by atoms with Crippen LogP contribution >= 0.6 is 22.6 Å². The first-order valence-corrected chi connectivity index (χ1v) is 8.83. The van der Waals surface area contributed by atoms with Gasteiger partial charge in [-0.3, -0.25) is 9.00 Å². The third-order valence-electron chi connectivity index (χ3n) is 3.03. The highest BCUT2D eigenvalue weighted by Gasteiger charge is 2.17. The van der Waals surface area contributed by atoms with Crippen molar-refractivity contribution in [3.8, 4) is 0 Å². The van der Waals surface area contributed by atoms with Gasteiger partial charge in [0.2, 0.25) is 0 Å². The SMILES string of the molecule is CN(C)c1ccccc1S(=O)CC(=O)c1ccccc1I. The molecule has 2 aromatic rings. The van der Waals surface area contributed by atoms with Gasteiger partial charge in [-0.2, -0.15) is 0 Å². The van der Waals surface area contributed by atoms with Gasteiger partial charge in [-0.05, 0) is 40.8 Å². The van der Waals surface area contributed by atoms with E-state index in [1.807, 2.05) is 61.5 Å². The Hall–Kier alpha value is -1.21. The van der Waals surface area contributed by atoms with Crippen molar-refractivity contribution in [1.29, 1.82) is 0 Å². The van der Waals surface area contributed by atoms with Gasteiger partial charge < -0.3 is 4.90 Å². The Morgan fingerprint density at radius 3 is 2.38 bits per heavy atom. The summed E-state index contributed by atoms with van der Waals surface area (Å²) in [5, 5.41) is 0. The lowest BCUT2D eigenvalue weighted by molar-refractivity contribution is 0.102. The number of carbonyl (C=O) groups excluding carboxylic acids is 1. The molecule has 0 fully saturated rings. The zero-order valence-electron chi connectivity index (χ0n) is 11.9. The average molecular weight is 413 g/mol. The zero-order chi connectivity index (χ0) is 15.4. The van der Waals surface area contributed by atoms with E-state index >= 15 is 0 Å². The van der Waals surface area contributed by atoms with E-state index in [2.05, 4.69) is 22.6 Å². The van der Waals surface area contributed by atoms with Gasteiger partial charge in [0, 0.05) is 23.2 Å². The van der Waals surface area contributed by atoms with Crippen LogP contribution in [0, 0.1) is 3.57 Å². The van der Waals surface area contributed by atoms with Gasteiger partial charge in [0.1, 0.15) is 0 Å². The summed E-state index contributed by atoms with van der Waals surface area (Å²) in [6.07, 6.45) is 0. The molecule has 0 radical (unpaired) electrons. The fraction of sp³-hybridized carbons (Fsp3) is 0.188. The number of hydrogen-bond acceptors (Lipinski definition) is 3. The summed E-state index contributed by atoms with van der Waals surface area (Å²) in [5.41, 5.74) is 1.51. The van der Waals surface area contributed by atoms with Gasteiger partial charge in [-0.1, -0.05) is 30.3 Å². The van der Waals surface area contributed by atoms with Crippen LogP contribution in [0.5, 0.6) is 0 Å². The van der Waals surface area contributed by atoms with Gasteiger partial charge >= 0.3 is 0 Å². The molecule has 2 rings (SSSR count). The molecule has 0 amide bonds. The Labute approximate surface area is 141 Å². The van der Waals surface area contributed by atoms with Gasteiger partial charge in [0.05, 0.1) is 27.1 Å².